The maximum absolute atomic E-state index is 11.0. The van der Waals surface area contributed by atoms with Crippen LogP contribution >= 0.6 is 7.60 Å². The monoisotopic (exact) mass is 225 g/mol. The lowest BCUT2D eigenvalue weighted by Crippen LogP contribution is -2.35. The summed E-state index contributed by atoms with van der Waals surface area (Å²) in [6, 6.07) is -0.974. The minimum absolute atomic E-state index is 0.0802. The highest BCUT2D eigenvalue weighted by Gasteiger charge is 2.28. The zero-order valence-corrected chi connectivity index (χ0v) is 9.11. The van der Waals surface area contributed by atoms with Crippen molar-refractivity contribution in [3.63, 3.8) is 0 Å². The molecule has 0 radical (unpaired) electrons. The fourth-order valence-corrected chi connectivity index (χ4v) is 1.35. The van der Waals surface area contributed by atoms with E-state index in [1.807, 2.05) is 0 Å². The van der Waals surface area contributed by atoms with E-state index in [4.69, 9.17) is 15.5 Å². The van der Waals surface area contributed by atoms with Gasteiger partial charge in [0.05, 0.1) is 12.3 Å². The topological polar surface area (TPSA) is 110 Å². The summed E-state index contributed by atoms with van der Waals surface area (Å²) in [6.07, 6.45) is -0.0802. The van der Waals surface area contributed by atoms with E-state index < -0.39 is 25.3 Å². The van der Waals surface area contributed by atoms with E-state index in [0.29, 0.717) is 0 Å². The lowest BCUT2D eigenvalue weighted by Gasteiger charge is -2.16. The third kappa shape index (κ3) is 4.72. The highest BCUT2D eigenvalue weighted by Crippen LogP contribution is 2.42. The van der Waals surface area contributed by atoms with Crippen LogP contribution in [0.2, 0.25) is 0 Å². The summed E-state index contributed by atoms with van der Waals surface area (Å²) in [7, 11) is -4.16. The Morgan fingerprint density at radius 1 is 1.57 bits per heavy atom. The molecule has 0 rings (SSSR count). The SMILES string of the molecule is CCOC(=O)[C@@H](N)C[C@H](C)P(=O)(O)O. The van der Waals surface area contributed by atoms with Gasteiger partial charge in [-0.1, -0.05) is 6.92 Å². The molecule has 84 valence electrons. The smallest absolute Gasteiger partial charge is 0.328 e. The van der Waals surface area contributed by atoms with E-state index >= 15 is 0 Å². The molecule has 0 saturated heterocycles. The molecule has 14 heavy (non-hydrogen) atoms. The van der Waals surface area contributed by atoms with Crippen molar-refractivity contribution < 1.29 is 23.9 Å². The van der Waals surface area contributed by atoms with Gasteiger partial charge in [0.25, 0.3) is 0 Å². The molecule has 7 heteroatoms. The molecule has 0 spiro atoms. The first kappa shape index (κ1) is 13.6. The van der Waals surface area contributed by atoms with Crippen molar-refractivity contribution in [2.75, 3.05) is 6.61 Å². The molecule has 0 aliphatic heterocycles. The fourth-order valence-electron chi connectivity index (χ4n) is 0.850. The second-order valence-electron chi connectivity index (χ2n) is 3.03. The molecular weight excluding hydrogens is 209 g/mol. The molecule has 0 saturated carbocycles. The number of esters is 1. The fraction of sp³-hybridized carbons (Fsp3) is 0.857. The second kappa shape index (κ2) is 5.46. The van der Waals surface area contributed by atoms with Crippen molar-refractivity contribution in [1.82, 2.24) is 0 Å². The average Bonchev–Trinajstić information content (AvgIpc) is 2.02. The molecule has 6 nitrogen and oxygen atoms in total. The number of rotatable bonds is 5. The molecule has 0 aromatic heterocycles. The lowest BCUT2D eigenvalue weighted by molar-refractivity contribution is -0.144. The van der Waals surface area contributed by atoms with Crippen LogP contribution in [0.5, 0.6) is 0 Å². The predicted molar refractivity (Wildman–Crippen MR) is 50.7 cm³/mol. The predicted octanol–water partition coefficient (Wildman–Crippen LogP) is -0.167. The summed E-state index contributed by atoms with van der Waals surface area (Å²) in [6.45, 7) is 3.19. The van der Waals surface area contributed by atoms with Crippen LogP contribution in [0.3, 0.4) is 0 Å². The Hall–Kier alpha value is -0.420. The molecule has 0 aliphatic rings. The number of hydrogen-bond acceptors (Lipinski definition) is 4. The van der Waals surface area contributed by atoms with Gasteiger partial charge in [-0.3, -0.25) is 9.36 Å². The van der Waals surface area contributed by atoms with Crippen molar-refractivity contribution in [3.8, 4) is 0 Å². The van der Waals surface area contributed by atoms with E-state index in [2.05, 4.69) is 4.74 Å². The minimum Gasteiger partial charge on any atom is -0.465 e. The molecular formula is C7H16NO5P. The first-order chi connectivity index (χ1) is 6.29. The highest BCUT2D eigenvalue weighted by atomic mass is 31.2. The molecule has 0 fully saturated rings. The van der Waals surface area contributed by atoms with Gasteiger partial charge in [-0.05, 0) is 13.3 Å². The van der Waals surface area contributed by atoms with Crippen molar-refractivity contribution >= 4 is 13.6 Å². The Bertz CT molecular complexity index is 238. The zero-order chi connectivity index (χ0) is 11.4. The van der Waals surface area contributed by atoms with Gasteiger partial charge in [-0.2, -0.15) is 0 Å². The summed E-state index contributed by atoms with van der Waals surface area (Å²) < 4.78 is 15.3. The normalized spacial score (nSPS) is 16.1. The lowest BCUT2D eigenvalue weighted by atomic mass is 10.2. The summed E-state index contributed by atoms with van der Waals surface area (Å²) >= 11 is 0. The molecule has 0 aromatic carbocycles. The quantitative estimate of drug-likeness (QED) is 0.442. The Kier molecular flexibility index (Phi) is 5.29. The van der Waals surface area contributed by atoms with Crippen LogP contribution < -0.4 is 5.73 Å². The average molecular weight is 225 g/mol. The van der Waals surface area contributed by atoms with Crippen molar-refractivity contribution in [2.24, 2.45) is 5.73 Å². The van der Waals surface area contributed by atoms with Gasteiger partial charge < -0.3 is 20.3 Å². The van der Waals surface area contributed by atoms with Crippen LogP contribution in [0.1, 0.15) is 20.3 Å². The van der Waals surface area contributed by atoms with Crippen LogP contribution in [-0.4, -0.2) is 34.1 Å². The Balaban J connectivity index is 4.12. The van der Waals surface area contributed by atoms with E-state index in [1.165, 1.54) is 6.92 Å². The van der Waals surface area contributed by atoms with Crippen LogP contribution in [0, 0.1) is 0 Å². The van der Waals surface area contributed by atoms with Gasteiger partial charge >= 0.3 is 13.6 Å². The number of hydrogen-bond donors (Lipinski definition) is 3. The zero-order valence-electron chi connectivity index (χ0n) is 8.21. The van der Waals surface area contributed by atoms with E-state index in [9.17, 15) is 9.36 Å². The van der Waals surface area contributed by atoms with Crippen molar-refractivity contribution in [2.45, 2.75) is 32.0 Å². The standard InChI is InChI=1S/C7H16NO5P/c1-3-13-7(9)6(8)4-5(2)14(10,11)12/h5-6H,3-4,8H2,1-2H3,(H2,10,11,12)/t5-,6-/m0/s1. The maximum atomic E-state index is 11.0. The van der Waals surface area contributed by atoms with E-state index in [1.54, 1.807) is 6.92 Å². The number of ether oxygens (including phenoxy) is 1. The van der Waals surface area contributed by atoms with Crippen molar-refractivity contribution in [3.05, 3.63) is 0 Å². The molecule has 4 N–H and O–H groups in total. The number of carbonyl (C=O) groups excluding carboxylic acids is 1. The molecule has 0 aromatic rings. The van der Waals surface area contributed by atoms with Gasteiger partial charge in [0.15, 0.2) is 0 Å². The molecule has 2 atom stereocenters. The van der Waals surface area contributed by atoms with Crippen molar-refractivity contribution in [1.29, 1.82) is 0 Å². The summed E-state index contributed by atoms with van der Waals surface area (Å²) in [5.41, 5.74) is 4.45. The molecule has 0 unspecified atom stereocenters. The first-order valence-electron chi connectivity index (χ1n) is 4.26. The third-order valence-corrected chi connectivity index (χ3v) is 3.12. The van der Waals surface area contributed by atoms with Gasteiger partial charge in [0, 0.05) is 0 Å². The van der Waals surface area contributed by atoms with Crippen LogP contribution in [-0.2, 0) is 14.1 Å². The van der Waals surface area contributed by atoms with E-state index in [-0.39, 0.29) is 13.0 Å². The second-order valence-corrected chi connectivity index (χ2v) is 5.09. The summed E-state index contributed by atoms with van der Waals surface area (Å²) in [4.78, 5) is 28.5. The van der Waals surface area contributed by atoms with E-state index in [0.717, 1.165) is 0 Å². The number of nitrogens with two attached hydrogens (primary N) is 1. The molecule has 0 heterocycles. The molecule has 0 bridgehead atoms. The summed E-state index contributed by atoms with van der Waals surface area (Å²) in [5, 5.41) is 0. The van der Waals surface area contributed by atoms with Crippen LogP contribution in [0.15, 0.2) is 0 Å². The van der Waals surface area contributed by atoms with Gasteiger partial charge in [0.2, 0.25) is 0 Å². The third-order valence-electron chi connectivity index (χ3n) is 1.76. The first-order valence-corrected chi connectivity index (χ1v) is 5.94. The van der Waals surface area contributed by atoms with Gasteiger partial charge in [-0.15, -0.1) is 0 Å². The largest absolute Gasteiger partial charge is 0.465 e. The van der Waals surface area contributed by atoms with Gasteiger partial charge in [0.1, 0.15) is 6.04 Å². The van der Waals surface area contributed by atoms with Gasteiger partial charge in [-0.25, -0.2) is 0 Å². The minimum atomic E-state index is -4.16. The number of carbonyl (C=O) groups is 1. The molecule has 0 aliphatic carbocycles. The maximum Gasteiger partial charge on any atom is 0.328 e. The Labute approximate surface area is 82.6 Å². The highest BCUT2D eigenvalue weighted by molar-refractivity contribution is 7.52. The van der Waals surface area contributed by atoms with Crippen LogP contribution in [0.25, 0.3) is 0 Å². The molecule has 0 amide bonds. The summed E-state index contributed by atoms with van der Waals surface area (Å²) in [5.74, 6) is -0.632. The Morgan fingerprint density at radius 2 is 2.07 bits per heavy atom. The van der Waals surface area contributed by atoms with Crippen LogP contribution in [0.4, 0.5) is 0 Å². The Morgan fingerprint density at radius 3 is 2.43 bits per heavy atom.